The molecule has 0 bridgehead atoms. The molecule has 0 heterocycles. The molecule has 0 aliphatic rings. The molecule has 0 rings (SSSR count). The van der Waals surface area contributed by atoms with E-state index < -0.39 is 0 Å². The Morgan fingerprint density at radius 2 is 1.36 bits per heavy atom. The van der Waals surface area contributed by atoms with Gasteiger partial charge in [-0.05, 0) is 0 Å². The Hall–Kier alpha value is -0.0777. The molecule has 0 atom stereocenters. The van der Waals surface area contributed by atoms with Crippen molar-refractivity contribution in [2.45, 2.75) is 13.8 Å². The predicted molar refractivity (Wildman–Crippen MR) is 39.5 cm³/mol. The first-order valence-corrected chi connectivity index (χ1v) is 4.60. The molecular formula is C6H14N2O2Pd. The second kappa shape index (κ2) is 9.92. The van der Waals surface area contributed by atoms with Crippen LogP contribution in [0.2, 0.25) is 0 Å². The van der Waals surface area contributed by atoms with Crippen molar-refractivity contribution in [2.24, 2.45) is 11.5 Å². The number of carbonyl (C=O) groups excluding carboxylic acids is 2. The fourth-order valence-electron chi connectivity index (χ4n) is 0.157. The van der Waals surface area contributed by atoms with E-state index in [9.17, 15) is 9.59 Å². The quantitative estimate of drug-likeness (QED) is 0.635. The van der Waals surface area contributed by atoms with E-state index in [1.807, 2.05) is 0 Å². The predicted octanol–water partition coefficient (Wildman–Crippen LogP) is -0.934. The molecular weight excluding hydrogens is 238 g/mol. The minimum absolute atomic E-state index is 0.0125. The van der Waals surface area contributed by atoms with Crippen LogP contribution in [0.3, 0.4) is 0 Å². The molecule has 11 heavy (non-hydrogen) atoms. The summed E-state index contributed by atoms with van der Waals surface area (Å²) in [7, 11) is 0. The first kappa shape index (κ1) is 13.5. The Kier molecular flexibility index (Phi) is 12.2. The molecule has 0 radical (unpaired) electrons. The minimum Gasteiger partial charge on any atom is -0.329 e. The molecule has 0 saturated carbocycles. The summed E-state index contributed by atoms with van der Waals surface area (Å²) in [4.78, 5) is 20.1. The van der Waals surface area contributed by atoms with Gasteiger partial charge in [-0.2, -0.15) is 0 Å². The van der Waals surface area contributed by atoms with Crippen LogP contribution in [-0.4, -0.2) is 21.6 Å². The van der Waals surface area contributed by atoms with E-state index in [4.69, 9.17) is 11.5 Å². The summed E-state index contributed by atoms with van der Waals surface area (Å²) in [6.45, 7) is 4.05. The SMILES string of the molecule is C[C](=O)[Pd][C](C)=O.NCCN. The first-order valence-electron chi connectivity index (χ1n) is 3.04. The number of hydrogen-bond acceptors (Lipinski definition) is 4. The monoisotopic (exact) mass is 252 g/mol. The zero-order chi connectivity index (χ0) is 9.28. The molecule has 0 aromatic heterocycles. The summed E-state index contributed by atoms with van der Waals surface area (Å²) in [6, 6.07) is 0. The molecule has 5 heteroatoms. The van der Waals surface area contributed by atoms with E-state index in [1.54, 1.807) is 0 Å². The average Bonchev–Trinajstić information content (AvgIpc) is 1.85. The molecule has 0 aliphatic carbocycles. The number of rotatable bonds is 3. The Morgan fingerprint density at radius 3 is 1.36 bits per heavy atom. The number of carbonyl (C=O) groups is 2. The largest absolute Gasteiger partial charge is 0.329 e. The molecule has 0 spiro atoms. The Labute approximate surface area is 74.9 Å². The Balaban J connectivity index is 0. The van der Waals surface area contributed by atoms with Gasteiger partial charge in [-0.15, -0.1) is 0 Å². The van der Waals surface area contributed by atoms with Crippen molar-refractivity contribution in [2.75, 3.05) is 13.1 Å². The third-order valence-electron chi connectivity index (χ3n) is 0.389. The van der Waals surface area contributed by atoms with Crippen molar-refractivity contribution in [1.82, 2.24) is 0 Å². The van der Waals surface area contributed by atoms with Crippen LogP contribution in [-0.2, 0) is 27.6 Å². The van der Waals surface area contributed by atoms with E-state index in [-0.39, 0.29) is 26.5 Å². The van der Waals surface area contributed by atoms with Crippen LogP contribution in [0.25, 0.3) is 0 Å². The molecule has 4 N–H and O–H groups in total. The smallest absolute Gasteiger partial charge is 0.00461 e. The molecule has 0 amide bonds. The molecule has 0 unspecified atom stereocenters. The van der Waals surface area contributed by atoms with Crippen molar-refractivity contribution in [3.05, 3.63) is 0 Å². The van der Waals surface area contributed by atoms with Gasteiger partial charge in [0.2, 0.25) is 0 Å². The van der Waals surface area contributed by atoms with Gasteiger partial charge in [0.1, 0.15) is 0 Å². The normalized spacial score (nSPS) is 8.36. The van der Waals surface area contributed by atoms with Crippen LogP contribution in [0.5, 0.6) is 0 Å². The number of nitrogens with two attached hydrogens (primary N) is 2. The summed E-state index contributed by atoms with van der Waals surface area (Å²) in [5, 5.41) is 0. The van der Waals surface area contributed by atoms with Crippen molar-refractivity contribution >= 4 is 8.51 Å². The fourth-order valence-corrected chi connectivity index (χ4v) is 0.928. The maximum absolute atomic E-state index is 10.1. The second-order valence-electron chi connectivity index (χ2n) is 1.51. The van der Waals surface area contributed by atoms with Gasteiger partial charge in [-0.3, -0.25) is 0 Å². The van der Waals surface area contributed by atoms with Gasteiger partial charge in [-0.1, -0.05) is 0 Å². The summed E-state index contributed by atoms with van der Waals surface area (Å²) < 4.78 is -0.0250. The van der Waals surface area contributed by atoms with Crippen LogP contribution in [0.4, 0.5) is 0 Å². The van der Waals surface area contributed by atoms with Gasteiger partial charge < -0.3 is 11.5 Å². The molecule has 0 aliphatic heterocycles. The van der Waals surface area contributed by atoms with E-state index in [0.29, 0.717) is 13.1 Å². The van der Waals surface area contributed by atoms with E-state index in [1.165, 1.54) is 13.8 Å². The van der Waals surface area contributed by atoms with Crippen molar-refractivity contribution in [3.63, 3.8) is 0 Å². The van der Waals surface area contributed by atoms with Gasteiger partial charge in [0.25, 0.3) is 0 Å². The fraction of sp³-hybridized carbons (Fsp3) is 0.667. The summed E-state index contributed by atoms with van der Waals surface area (Å²) in [5.41, 5.74) is 9.81. The van der Waals surface area contributed by atoms with Gasteiger partial charge in [0.15, 0.2) is 0 Å². The standard InChI is InChI=1S/C2H8N2.2C2H3O.Pd/c3-1-2-4;2*1-2-3;/h1-4H2;2*1H3;. The average molecular weight is 253 g/mol. The maximum Gasteiger partial charge on any atom is 0.00461 e. The maximum atomic E-state index is 10.1. The minimum atomic E-state index is -0.306. The zero-order valence-electron chi connectivity index (χ0n) is 6.70. The Bertz CT molecular complexity index is 114. The summed E-state index contributed by atoms with van der Waals surface area (Å²) in [6.07, 6.45) is 0. The number of hydrogen-bond donors (Lipinski definition) is 2. The first-order chi connectivity index (χ1) is 5.04. The van der Waals surface area contributed by atoms with Gasteiger partial charge >= 0.3 is 49.9 Å². The zero-order valence-corrected chi connectivity index (χ0v) is 8.26. The third kappa shape index (κ3) is 25.7. The molecule has 0 aromatic carbocycles. The molecule has 0 saturated heterocycles. The molecule has 0 fully saturated rings. The molecule has 0 aromatic rings. The summed E-state index contributed by atoms with van der Waals surface area (Å²) in [5.74, 6) is 0. The topological polar surface area (TPSA) is 86.2 Å². The van der Waals surface area contributed by atoms with Gasteiger partial charge in [0.05, 0.1) is 0 Å². The van der Waals surface area contributed by atoms with E-state index in [2.05, 4.69) is 0 Å². The van der Waals surface area contributed by atoms with Gasteiger partial charge in [-0.25, -0.2) is 0 Å². The van der Waals surface area contributed by atoms with Crippen molar-refractivity contribution < 1.29 is 27.6 Å². The van der Waals surface area contributed by atoms with Crippen LogP contribution in [0.1, 0.15) is 13.8 Å². The van der Waals surface area contributed by atoms with Crippen molar-refractivity contribution in [1.29, 1.82) is 0 Å². The third-order valence-corrected chi connectivity index (χ3v) is 1.48. The van der Waals surface area contributed by atoms with Crippen LogP contribution in [0, 0.1) is 0 Å². The van der Waals surface area contributed by atoms with E-state index in [0.717, 1.165) is 0 Å². The van der Waals surface area contributed by atoms with Crippen LogP contribution in [0.15, 0.2) is 0 Å². The van der Waals surface area contributed by atoms with Crippen molar-refractivity contribution in [3.8, 4) is 0 Å². The van der Waals surface area contributed by atoms with E-state index >= 15 is 0 Å². The second-order valence-corrected chi connectivity index (χ2v) is 4.09. The van der Waals surface area contributed by atoms with Crippen LogP contribution < -0.4 is 11.5 Å². The summed E-state index contributed by atoms with van der Waals surface area (Å²) >= 11 is -0.306. The van der Waals surface area contributed by atoms with Gasteiger partial charge in [0, 0.05) is 13.1 Å². The molecule has 4 nitrogen and oxygen atoms in total. The Morgan fingerprint density at radius 1 is 1.09 bits per heavy atom. The molecule has 70 valence electrons. The van der Waals surface area contributed by atoms with Crippen LogP contribution >= 0.6 is 0 Å².